The Balaban J connectivity index is 1.87. The van der Waals surface area contributed by atoms with Crippen LogP contribution in [0.4, 0.5) is 5.69 Å². The number of hydrogen-bond donors (Lipinski definition) is 1. The van der Waals surface area contributed by atoms with Gasteiger partial charge in [0.25, 0.3) is 5.91 Å². The highest BCUT2D eigenvalue weighted by atomic mass is 16.2. The lowest BCUT2D eigenvalue weighted by Gasteiger charge is -2.38. The molecule has 0 saturated carbocycles. The molecule has 3 aromatic rings. The van der Waals surface area contributed by atoms with Crippen molar-refractivity contribution in [2.45, 2.75) is 19.5 Å². The molecule has 1 heterocycles. The van der Waals surface area contributed by atoms with Gasteiger partial charge in [-0.3, -0.25) is 4.79 Å². The maximum Gasteiger partial charge on any atom is 0.257 e. The standard InChI is InChI=1S/C21H20N2O/c1-2-14-23-20(22-19-13-6-5-11-18(19)21(23)24)17-12-7-9-15-8-3-4-10-16(15)17/h3-13,20,22H,2,14H2,1H3. The number of para-hydroxylation sites is 1. The zero-order chi connectivity index (χ0) is 16.5. The Morgan fingerprint density at radius 2 is 1.71 bits per heavy atom. The molecule has 3 nitrogen and oxygen atoms in total. The minimum Gasteiger partial charge on any atom is -0.361 e. The van der Waals surface area contributed by atoms with Crippen LogP contribution in [0.1, 0.15) is 35.4 Å². The molecule has 3 heteroatoms. The van der Waals surface area contributed by atoms with Gasteiger partial charge in [0.2, 0.25) is 0 Å². The van der Waals surface area contributed by atoms with Gasteiger partial charge in [0.1, 0.15) is 6.17 Å². The third kappa shape index (κ3) is 2.33. The van der Waals surface area contributed by atoms with Crippen LogP contribution in [0.25, 0.3) is 10.8 Å². The molecule has 0 fully saturated rings. The molecule has 0 aromatic heterocycles. The Labute approximate surface area is 141 Å². The zero-order valence-corrected chi connectivity index (χ0v) is 13.7. The van der Waals surface area contributed by atoms with E-state index in [-0.39, 0.29) is 12.1 Å². The maximum absolute atomic E-state index is 13.0. The summed E-state index contributed by atoms with van der Waals surface area (Å²) in [6.45, 7) is 2.84. The van der Waals surface area contributed by atoms with Crippen LogP contribution in [-0.2, 0) is 0 Å². The fourth-order valence-electron chi connectivity index (χ4n) is 3.50. The highest BCUT2D eigenvalue weighted by molar-refractivity contribution is 6.02. The normalized spacial score (nSPS) is 16.8. The first kappa shape index (κ1) is 14.8. The van der Waals surface area contributed by atoms with Gasteiger partial charge >= 0.3 is 0 Å². The van der Waals surface area contributed by atoms with E-state index in [0.29, 0.717) is 0 Å². The predicted molar refractivity (Wildman–Crippen MR) is 98.1 cm³/mol. The van der Waals surface area contributed by atoms with Crippen LogP contribution >= 0.6 is 0 Å². The predicted octanol–water partition coefficient (Wildman–Crippen LogP) is 4.82. The van der Waals surface area contributed by atoms with E-state index in [1.54, 1.807) is 0 Å². The van der Waals surface area contributed by atoms with Crippen LogP contribution < -0.4 is 5.32 Å². The maximum atomic E-state index is 13.0. The van der Waals surface area contributed by atoms with E-state index in [4.69, 9.17) is 0 Å². The molecular formula is C21H20N2O. The summed E-state index contributed by atoms with van der Waals surface area (Å²) in [6.07, 6.45) is 0.787. The van der Waals surface area contributed by atoms with Crippen LogP contribution in [0.2, 0.25) is 0 Å². The monoisotopic (exact) mass is 316 g/mol. The summed E-state index contributed by atoms with van der Waals surface area (Å²) in [5.74, 6) is 0.101. The Kier molecular flexibility index (Phi) is 3.69. The molecule has 1 aliphatic rings. The summed E-state index contributed by atoms with van der Waals surface area (Å²) in [6, 6.07) is 22.4. The third-order valence-electron chi connectivity index (χ3n) is 4.60. The summed E-state index contributed by atoms with van der Waals surface area (Å²) < 4.78 is 0. The van der Waals surface area contributed by atoms with Crippen LogP contribution in [0.5, 0.6) is 0 Å². The van der Waals surface area contributed by atoms with Gasteiger partial charge in [-0.15, -0.1) is 0 Å². The SMILES string of the molecule is CCCN1C(=O)c2ccccc2NC1c1cccc2ccccc12. The molecule has 1 amide bonds. The number of amides is 1. The first-order valence-electron chi connectivity index (χ1n) is 8.44. The van der Waals surface area contributed by atoms with Gasteiger partial charge in [0, 0.05) is 17.8 Å². The van der Waals surface area contributed by atoms with E-state index in [0.717, 1.165) is 29.8 Å². The molecule has 1 aliphatic heterocycles. The van der Waals surface area contributed by atoms with E-state index in [9.17, 15) is 4.79 Å². The molecule has 120 valence electrons. The second-order valence-corrected chi connectivity index (χ2v) is 6.16. The molecule has 3 aromatic carbocycles. The number of anilines is 1. The van der Waals surface area contributed by atoms with Gasteiger partial charge in [-0.05, 0) is 29.3 Å². The van der Waals surface area contributed by atoms with Crippen molar-refractivity contribution in [2.24, 2.45) is 0 Å². The molecule has 0 saturated heterocycles. The van der Waals surface area contributed by atoms with E-state index >= 15 is 0 Å². The lowest BCUT2D eigenvalue weighted by molar-refractivity contribution is 0.0684. The quantitative estimate of drug-likeness (QED) is 0.751. The van der Waals surface area contributed by atoms with Crippen molar-refractivity contribution in [3.63, 3.8) is 0 Å². The van der Waals surface area contributed by atoms with Crippen molar-refractivity contribution in [2.75, 3.05) is 11.9 Å². The van der Waals surface area contributed by atoms with Crippen molar-refractivity contribution in [3.05, 3.63) is 77.9 Å². The first-order valence-corrected chi connectivity index (χ1v) is 8.44. The molecule has 1 unspecified atom stereocenters. The zero-order valence-electron chi connectivity index (χ0n) is 13.7. The van der Waals surface area contributed by atoms with Crippen molar-refractivity contribution < 1.29 is 4.79 Å². The van der Waals surface area contributed by atoms with Gasteiger partial charge in [0.05, 0.1) is 5.56 Å². The van der Waals surface area contributed by atoms with Gasteiger partial charge in [-0.2, -0.15) is 0 Å². The number of benzene rings is 3. The fourth-order valence-corrected chi connectivity index (χ4v) is 3.50. The van der Waals surface area contributed by atoms with Crippen molar-refractivity contribution in [3.8, 4) is 0 Å². The van der Waals surface area contributed by atoms with Crippen LogP contribution in [0, 0.1) is 0 Å². The van der Waals surface area contributed by atoms with Gasteiger partial charge in [-0.25, -0.2) is 0 Å². The number of hydrogen-bond acceptors (Lipinski definition) is 2. The van der Waals surface area contributed by atoms with Crippen molar-refractivity contribution >= 4 is 22.4 Å². The summed E-state index contributed by atoms with van der Waals surface area (Å²) in [7, 11) is 0. The summed E-state index contributed by atoms with van der Waals surface area (Å²) >= 11 is 0. The molecule has 1 N–H and O–H groups in total. The second kappa shape index (κ2) is 6.00. The molecule has 0 bridgehead atoms. The third-order valence-corrected chi connectivity index (χ3v) is 4.60. The van der Waals surface area contributed by atoms with Crippen LogP contribution in [-0.4, -0.2) is 17.4 Å². The Morgan fingerprint density at radius 1 is 0.958 bits per heavy atom. The molecule has 0 aliphatic carbocycles. The lowest BCUT2D eigenvalue weighted by atomic mass is 9.98. The molecule has 0 radical (unpaired) electrons. The molecular weight excluding hydrogens is 296 g/mol. The smallest absolute Gasteiger partial charge is 0.257 e. The number of carbonyl (C=O) groups is 1. The highest BCUT2D eigenvalue weighted by Gasteiger charge is 2.32. The first-order chi connectivity index (χ1) is 11.8. The van der Waals surface area contributed by atoms with E-state index in [1.165, 1.54) is 10.8 Å². The number of carbonyl (C=O) groups excluding carboxylic acids is 1. The van der Waals surface area contributed by atoms with E-state index < -0.39 is 0 Å². The fraction of sp³-hybridized carbons (Fsp3) is 0.190. The molecule has 1 atom stereocenters. The summed E-state index contributed by atoms with van der Waals surface area (Å²) in [5.41, 5.74) is 2.81. The van der Waals surface area contributed by atoms with Crippen LogP contribution in [0.15, 0.2) is 66.7 Å². The van der Waals surface area contributed by atoms with Crippen LogP contribution in [0.3, 0.4) is 0 Å². The van der Waals surface area contributed by atoms with Gasteiger partial charge < -0.3 is 10.2 Å². The minimum absolute atomic E-state index is 0.101. The Morgan fingerprint density at radius 3 is 2.58 bits per heavy atom. The largest absolute Gasteiger partial charge is 0.361 e. The van der Waals surface area contributed by atoms with Crippen molar-refractivity contribution in [1.29, 1.82) is 0 Å². The Hall–Kier alpha value is -2.81. The lowest BCUT2D eigenvalue weighted by Crippen LogP contribution is -2.43. The topological polar surface area (TPSA) is 32.3 Å². The number of fused-ring (bicyclic) bond motifs is 2. The molecule has 24 heavy (non-hydrogen) atoms. The Bertz CT molecular complexity index is 898. The molecule has 0 spiro atoms. The number of nitrogens with zero attached hydrogens (tertiary/aromatic N) is 1. The second-order valence-electron chi connectivity index (χ2n) is 6.16. The number of rotatable bonds is 3. The van der Waals surface area contributed by atoms with Gasteiger partial charge in [0.15, 0.2) is 0 Å². The summed E-state index contributed by atoms with van der Waals surface area (Å²) in [5, 5.41) is 5.96. The van der Waals surface area contributed by atoms with Gasteiger partial charge in [-0.1, -0.05) is 61.5 Å². The average molecular weight is 316 g/mol. The van der Waals surface area contributed by atoms with E-state index in [1.807, 2.05) is 35.2 Å². The minimum atomic E-state index is -0.140. The number of nitrogens with one attached hydrogen (secondary N) is 1. The molecule has 4 rings (SSSR count). The average Bonchev–Trinajstić information content (AvgIpc) is 2.63. The van der Waals surface area contributed by atoms with E-state index in [2.05, 4.69) is 48.6 Å². The van der Waals surface area contributed by atoms with Crippen molar-refractivity contribution in [1.82, 2.24) is 4.90 Å². The highest BCUT2D eigenvalue weighted by Crippen LogP contribution is 2.35. The summed E-state index contributed by atoms with van der Waals surface area (Å²) in [4.78, 5) is 15.0.